The second kappa shape index (κ2) is 5.53. The lowest BCUT2D eigenvalue weighted by atomic mass is 10.3. The first-order chi connectivity index (χ1) is 9.11. The Morgan fingerprint density at radius 2 is 1.95 bits per heavy atom. The minimum atomic E-state index is -0.585. The average molecular weight is 281 g/mol. The van der Waals surface area contributed by atoms with Crippen LogP contribution in [0.4, 0.5) is 5.69 Å². The van der Waals surface area contributed by atoms with Crippen LogP contribution < -0.4 is 9.47 Å². The van der Waals surface area contributed by atoms with Gasteiger partial charge in [0.15, 0.2) is 11.5 Å². The van der Waals surface area contributed by atoms with Gasteiger partial charge in [0.2, 0.25) is 5.75 Å². The lowest BCUT2D eigenvalue weighted by Gasteiger charge is -2.09. The Kier molecular flexibility index (Phi) is 3.82. The first-order valence-corrected chi connectivity index (χ1v) is 5.60. The number of halogens is 1. The number of rotatable bonds is 4. The largest absolute Gasteiger partial charge is 0.493 e. The van der Waals surface area contributed by atoms with Crippen molar-refractivity contribution >= 4 is 17.3 Å². The number of para-hydroxylation sites is 2. The third-order valence-electron chi connectivity index (χ3n) is 2.30. The van der Waals surface area contributed by atoms with Gasteiger partial charge < -0.3 is 9.47 Å². The maximum Gasteiger partial charge on any atom is 0.316 e. The number of benzene rings is 1. The van der Waals surface area contributed by atoms with Crippen molar-refractivity contribution < 1.29 is 14.4 Å². The van der Waals surface area contributed by atoms with Gasteiger partial charge in [0, 0.05) is 0 Å². The Hall–Kier alpha value is -2.34. The molecular weight excluding hydrogens is 272 g/mol. The molecule has 0 N–H and O–H groups in total. The normalized spacial score (nSPS) is 10.0. The van der Waals surface area contributed by atoms with E-state index in [1.54, 1.807) is 24.3 Å². The standard InChI is InChI=1S/C12H9ClN2O4/c1-18-9-4-2-3-5-10(9)19-11-7-14-12(13)6-8(11)15(16)17/h2-7H,1H3. The summed E-state index contributed by atoms with van der Waals surface area (Å²) in [6.07, 6.45) is 1.20. The Labute approximate surface area is 113 Å². The maximum absolute atomic E-state index is 10.9. The highest BCUT2D eigenvalue weighted by atomic mass is 35.5. The predicted octanol–water partition coefficient (Wildman–Crippen LogP) is 3.44. The van der Waals surface area contributed by atoms with E-state index in [1.165, 1.54) is 13.3 Å². The lowest BCUT2D eigenvalue weighted by molar-refractivity contribution is -0.385. The molecule has 0 unspecified atom stereocenters. The van der Waals surface area contributed by atoms with E-state index in [0.29, 0.717) is 11.5 Å². The maximum atomic E-state index is 10.9. The fraction of sp³-hybridized carbons (Fsp3) is 0.0833. The second-order valence-electron chi connectivity index (χ2n) is 3.48. The van der Waals surface area contributed by atoms with Gasteiger partial charge in [-0.1, -0.05) is 23.7 Å². The van der Waals surface area contributed by atoms with E-state index in [2.05, 4.69) is 4.98 Å². The van der Waals surface area contributed by atoms with Gasteiger partial charge in [-0.05, 0) is 12.1 Å². The van der Waals surface area contributed by atoms with Gasteiger partial charge in [-0.25, -0.2) is 4.98 Å². The summed E-state index contributed by atoms with van der Waals surface area (Å²) < 4.78 is 10.6. The third-order valence-corrected chi connectivity index (χ3v) is 2.51. The highest BCUT2D eigenvalue weighted by molar-refractivity contribution is 6.29. The molecule has 0 saturated carbocycles. The van der Waals surface area contributed by atoms with Crippen LogP contribution in [0.25, 0.3) is 0 Å². The molecule has 2 aromatic rings. The fourth-order valence-electron chi connectivity index (χ4n) is 1.45. The van der Waals surface area contributed by atoms with Gasteiger partial charge >= 0.3 is 5.69 Å². The molecule has 7 heteroatoms. The first kappa shape index (κ1) is 13.1. The third kappa shape index (κ3) is 2.92. The number of hydrogen-bond acceptors (Lipinski definition) is 5. The molecule has 0 spiro atoms. The summed E-state index contributed by atoms with van der Waals surface area (Å²) in [6, 6.07) is 7.95. The Balaban J connectivity index is 2.41. The average Bonchev–Trinajstić information content (AvgIpc) is 2.41. The number of nitrogens with zero attached hydrogens (tertiary/aromatic N) is 2. The Bertz CT molecular complexity index is 618. The smallest absolute Gasteiger partial charge is 0.316 e. The second-order valence-corrected chi connectivity index (χ2v) is 3.87. The number of aromatic nitrogens is 1. The first-order valence-electron chi connectivity index (χ1n) is 5.22. The van der Waals surface area contributed by atoms with Crippen LogP contribution in [0.2, 0.25) is 5.15 Å². The highest BCUT2D eigenvalue weighted by Gasteiger charge is 2.18. The van der Waals surface area contributed by atoms with Crippen molar-refractivity contribution in [3.63, 3.8) is 0 Å². The summed E-state index contributed by atoms with van der Waals surface area (Å²) >= 11 is 5.63. The summed E-state index contributed by atoms with van der Waals surface area (Å²) in [5.74, 6) is 0.822. The summed E-state index contributed by atoms with van der Waals surface area (Å²) in [7, 11) is 1.48. The topological polar surface area (TPSA) is 74.5 Å². The molecule has 0 bridgehead atoms. The molecular formula is C12H9ClN2O4. The van der Waals surface area contributed by atoms with Crippen LogP contribution in [-0.4, -0.2) is 17.0 Å². The highest BCUT2D eigenvalue weighted by Crippen LogP contribution is 2.36. The number of nitro groups is 1. The minimum absolute atomic E-state index is 0.00102. The zero-order valence-electron chi connectivity index (χ0n) is 9.87. The van der Waals surface area contributed by atoms with Gasteiger partial charge in [0.05, 0.1) is 24.3 Å². The summed E-state index contributed by atoms with van der Waals surface area (Å²) in [4.78, 5) is 14.1. The van der Waals surface area contributed by atoms with Crippen molar-refractivity contribution in [2.75, 3.05) is 7.11 Å². The molecule has 1 aromatic carbocycles. The summed E-state index contributed by atoms with van der Waals surface area (Å²) in [6.45, 7) is 0. The van der Waals surface area contributed by atoms with E-state index < -0.39 is 4.92 Å². The molecule has 0 fully saturated rings. The van der Waals surface area contributed by atoms with E-state index >= 15 is 0 Å². The van der Waals surface area contributed by atoms with Crippen LogP contribution in [0.3, 0.4) is 0 Å². The van der Waals surface area contributed by atoms with E-state index in [9.17, 15) is 10.1 Å². The minimum Gasteiger partial charge on any atom is -0.493 e. The van der Waals surface area contributed by atoms with Crippen LogP contribution in [0.5, 0.6) is 17.2 Å². The van der Waals surface area contributed by atoms with Crippen LogP contribution in [0, 0.1) is 10.1 Å². The molecule has 1 heterocycles. The Morgan fingerprint density at radius 1 is 1.26 bits per heavy atom. The van der Waals surface area contributed by atoms with Crippen LogP contribution in [-0.2, 0) is 0 Å². The number of hydrogen-bond donors (Lipinski definition) is 0. The number of methoxy groups -OCH3 is 1. The van der Waals surface area contributed by atoms with Crippen molar-refractivity contribution in [1.29, 1.82) is 0 Å². The monoisotopic (exact) mass is 280 g/mol. The lowest BCUT2D eigenvalue weighted by Crippen LogP contribution is -1.96. The molecule has 6 nitrogen and oxygen atoms in total. The van der Waals surface area contributed by atoms with E-state index in [0.717, 1.165) is 6.07 Å². The van der Waals surface area contributed by atoms with Gasteiger partial charge in [-0.15, -0.1) is 0 Å². The summed E-state index contributed by atoms with van der Waals surface area (Å²) in [5, 5.41) is 11.0. The molecule has 98 valence electrons. The molecule has 0 aliphatic carbocycles. The van der Waals surface area contributed by atoms with Crippen molar-refractivity contribution in [3.8, 4) is 17.2 Å². The predicted molar refractivity (Wildman–Crippen MR) is 69.0 cm³/mol. The van der Waals surface area contributed by atoms with Crippen molar-refractivity contribution in [1.82, 2.24) is 4.98 Å². The van der Waals surface area contributed by atoms with Crippen LogP contribution in [0.15, 0.2) is 36.5 Å². The number of ether oxygens (including phenoxy) is 2. The summed E-state index contributed by atoms with van der Waals surface area (Å²) in [5.41, 5.74) is -0.258. The quantitative estimate of drug-likeness (QED) is 0.487. The van der Waals surface area contributed by atoms with Crippen molar-refractivity contribution in [2.45, 2.75) is 0 Å². The molecule has 1 aromatic heterocycles. The SMILES string of the molecule is COc1ccccc1Oc1cnc(Cl)cc1[N+](=O)[O-]. The van der Waals surface area contributed by atoms with Crippen LogP contribution >= 0.6 is 11.6 Å². The molecule has 0 saturated heterocycles. The van der Waals surface area contributed by atoms with Gasteiger partial charge in [-0.2, -0.15) is 0 Å². The molecule has 19 heavy (non-hydrogen) atoms. The van der Waals surface area contributed by atoms with E-state index in [-0.39, 0.29) is 16.6 Å². The van der Waals surface area contributed by atoms with Crippen molar-refractivity contribution in [3.05, 3.63) is 51.8 Å². The Morgan fingerprint density at radius 3 is 2.58 bits per heavy atom. The molecule has 0 radical (unpaired) electrons. The molecule has 0 aliphatic heterocycles. The molecule has 0 aliphatic rings. The number of pyridine rings is 1. The van der Waals surface area contributed by atoms with Crippen LogP contribution in [0.1, 0.15) is 0 Å². The van der Waals surface area contributed by atoms with E-state index in [4.69, 9.17) is 21.1 Å². The molecule has 0 amide bonds. The fourth-order valence-corrected chi connectivity index (χ4v) is 1.60. The van der Waals surface area contributed by atoms with Gasteiger partial charge in [0.25, 0.3) is 0 Å². The van der Waals surface area contributed by atoms with Gasteiger partial charge in [-0.3, -0.25) is 10.1 Å². The van der Waals surface area contributed by atoms with Crippen molar-refractivity contribution in [2.24, 2.45) is 0 Å². The zero-order chi connectivity index (χ0) is 13.8. The van der Waals surface area contributed by atoms with Gasteiger partial charge in [0.1, 0.15) is 5.15 Å². The van der Waals surface area contributed by atoms with E-state index in [1.807, 2.05) is 0 Å². The molecule has 0 atom stereocenters. The molecule has 2 rings (SSSR count). The zero-order valence-corrected chi connectivity index (χ0v) is 10.6.